The molecule has 2 aromatic carbocycles. The van der Waals surface area contributed by atoms with Gasteiger partial charge in [0.05, 0.1) is 29.6 Å². The molecule has 9 heteroatoms. The van der Waals surface area contributed by atoms with Crippen LogP contribution in [0.4, 0.5) is 5.69 Å². The molecule has 2 N–H and O–H groups in total. The maximum Gasteiger partial charge on any atom is 0.420 e. The van der Waals surface area contributed by atoms with Gasteiger partial charge in [-0.1, -0.05) is 24.3 Å². The SMILES string of the molecule is CC[NH+](CC)Cc1ccccc1CNC(=O)Cn1c(=O)oc2cc([N+](=O)[O-])ccc21. The fourth-order valence-corrected chi connectivity index (χ4v) is 3.38. The molecule has 0 unspecified atom stereocenters. The molecule has 0 aliphatic rings. The van der Waals surface area contributed by atoms with E-state index in [1.807, 2.05) is 18.2 Å². The summed E-state index contributed by atoms with van der Waals surface area (Å²) in [4.78, 5) is 36.3. The number of quaternary nitrogens is 1. The van der Waals surface area contributed by atoms with Crippen LogP contribution in [0.2, 0.25) is 0 Å². The predicted molar refractivity (Wildman–Crippen MR) is 111 cm³/mol. The Morgan fingerprint density at radius 2 is 1.87 bits per heavy atom. The van der Waals surface area contributed by atoms with Crippen LogP contribution in [0.1, 0.15) is 25.0 Å². The topological polar surface area (TPSA) is 112 Å². The number of benzene rings is 2. The molecule has 0 bridgehead atoms. The molecule has 1 heterocycles. The van der Waals surface area contributed by atoms with E-state index in [0.717, 1.165) is 25.2 Å². The lowest BCUT2D eigenvalue weighted by atomic mass is 10.1. The molecule has 0 saturated carbocycles. The standard InChI is InChI=1S/C21H24N4O5/c1-3-23(4-2)13-16-8-6-5-7-15(16)12-22-20(26)14-24-18-10-9-17(25(28)29)11-19(18)30-21(24)27/h5-11H,3-4,12-14H2,1-2H3,(H,22,26)/p+1. The van der Waals surface area contributed by atoms with Crippen LogP contribution in [0.15, 0.2) is 51.7 Å². The molecule has 0 aliphatic carbocycles. The number of non-ortho nitro benzene ring substituents is 1. The number of carbonyl (C=O) groups is 1. The van der Waals surface area contributed by atoms with Gasteiger partial charge in [0, 0.05) is 18.2 Å². The lowest BCUT2D eigenvalue weighted by Gasteiger charge is -2.18. The summed E-state index contributed by atoms with van der Waals surface area (Å²) >= 11 is 0. The number of hydrogen-bond donors (Lipinski definition) is 2. The second-order valence-electron chi connectivity index (χ2n) is 7.04. The van der Waals surface area contributed by atoms with Gasteiger partial charge in [0.1, 0.15) is 13.1 Å². The summed E-state index contributed by atoms with van der Waals surface area (Å²) in [5, 5.41) is 13.7. The molecular formula is C21H25N4O5+. The lowest BCUT2D eigenvalue weighted by Crippen LogP contribution is -3.10. The van der Waals surface area contributed by atoms with Crippen molar-refractivity contribution in [3.8, 4) is 0 Å². The maximum absolute atomic E-state index is 12.5. The van der Waals surface area contributed by atoms with Gasteiger partial charge in [-0.3, -0.25) is 19.5 Å². The van der Waals surface area contributed by atoms with Gasteiger partial charge < -0.3 is 14.6 Å². The van der Waals surface area contributed by atoms with E-state index >= 15 is 0 Å². The number of hydrogen-bond acceptors (Lipinski definition) is 5. The van der Waals surface area contributed by atoms with Crippen molar-refractivity contribution in [3.05, 3.63) is 74.3 Å². The average Bonchev–Trinajstić information content (AvgIpc) is 3.05. The number of amides is 1. The number of fused-ring (bicyclic) bond motifs is 1. The molecule has 0 atom stereocenters. The van der Waals surface area contributed by atoms with Gasteiger partial charge in [-0.15, -0.1) is 0 Å². The zero-order valence-electron chi connectivity index (χ0n) is 17.0. The molecule has 158 valence electrons. The van der Waals surface area contributed by atoms with Crippen molar-refractivity contribution in [2.75, 3.05) is 13.1 Å². The molecular weight excluding hydrogens is 388 g/mol. The zero-order chi connectivity index (χ0) is 21.7. The minimum atomic E-state index is -0.730. The quantitative estimate of drug-likeness (QED) is 0.405. The Morgan fingerprint density at radius 1 is 1.17 bits per heavy atom. The molecule has 3 rings (SSSR count). The summed E-state index contributed by atoms with van der Waals surface area (Å²) in [7, 11) is 0. The highest BCUT2D eigenvalue weighted by molar-refractivity contribution is 5.80. The van der Waals surface area contributed by atoms with Gasteiger partial charge in [0.2, 0.25) is 5.91 Å². The lowest BCUT2D eigenvalue weighted by molar-refractivity contribution is -0.910. The van der Waals surface area contributed by atoms with Crippen LogP contribution in [0.25, 0.3) is 11.1 Å². The Kier molecular flexibility index (Phi) is 6.63. The molecule has 0 saturated heterocycles. The van der Waals surface area contributed by atoms with E-state index in [1.54, 1.807) is 0 Å². The second-order valence-corrected chi connectivity index (χ2v) is 7.04. The number of aromatic nitrogens is 1. The molecule has 0 spiro atoms. The summed E-state index contributed by atoms with van der Waals surface area (Å²) in [6.45, 7) is 7.33. The highest BCUT2D eigenvalue weighted by atomic mass is 16.6. The average molecular weight is 413 g/mol. The van der Waals surface area contributed by atoms with Crippen LogP contribution in [0.5, 0.6) is 0 Å². The van der Waals surface area contributed by atoms with E-state index in [2.05, 4.69) is 25.2 Å². The molecule has 3 aromatic rings. The third-order valence-corrected chi connectivity index (χ3v) is 5.20. The number of carbonyl (C=O) groups excluding carboxylic acids is 1. The highest BCUT2D eigenvalue weighted by Crippen LogP contribution is 2.20. The van der Waals surface area contributed by atoms with Crippen LogP contribution in [0, 0.1) is 10.1 Å². The fourth-order valence-electron chi connectivity index (χ4n) is 3.38. The van der Waals surface area contributed by atoms with Crippen LogP contribution in [-0.2, 0) is 24.4 Å². The van der Waals surface area contributed by atoms with Crippen LogP contribution >= 0.6 is 0 Å². The first-order valence-electron chi connectivity index (χ1n) is 9.87. The number of nitrogens with zero attached hydrogens (tertiary/aromatic N) is 2. The van der Waals surface area contributed by atoms with Crippen molar-refractivity contribution in [3.63, 3.8) is 0 Å². The summed E-state index contributed by atoms with van der Waals surface area (Å²) in [5.74, 6) is -1.07. The summed E-state index contributed by atoms with van der Waals surface area (Å²) in [5.41, 5.74) is 2.45. The van der Waals surface area contributed by atoms with E-state index in [4.69, 9.17) is 4.42 Å². The number of rotatable bonds is 9. The Morgan fingerprint density at radius 3 is 2.53 bits per heavy atom. The molecule has 0 fully saturated rings. The molecule has 0 radical (unpaired) electrons. The van der Waals surface area contributed by atoms with Crippen LogP contribution in [-0.4, -0.2) is 28.5 Å². The van der Waals surface area contributed by atoms with E-state index in [1.165, 1.54) is 33.2 Å². The Bertz CT molecular complexity index is 1110. The Balaban J connectivity index is 1.71. The number of nitro groups is 1. The van der Waals surface area contributed by atoms with E-state index in [9.17, 15) is 19.7 Å². The first-order valence-corrected chi connectivity index (χ1v) is 9.87. The van der Waals surface area contributed by atoms with Gasteiger partial charge in [-0.05, 0) is 25.5 Å². The van der Waals surface area contributed by atoms with E-state index in [0.29, 0.717) is 12.1 Å². The minimum absolute atomic E-state index is 0.0783. The monoisotopic (exact) mass is 413 g/mol. The third kappa shape index (κ3) is 4.74. The summed E-state index contributed by atoms with van der Waals surface area (Å²) < 4.78 is 6.23. The van der Waals surface area contributed by atoms with Crippen molar-refractivity contribution >= 4 is 22.7 Å². The molecule has 9 nitrogen and oxygen atoms in total. The van der Waals surface area contributed by atoms with Gasteiger partial charge in [0.15, 0.2) is 5.58 Å². The van der Waals surface area contributed by atoms with Gasteiger partial charge >= 0.3 is 5.76 Å². The van der Waals surface area contributed by atoms with Gasteiger partial charge in [-0.2, -0.15) is 0 Å². The normalized spacial score (nSPS) is 11.2. The third-order valence-electron chi connectivity index (χ3n) is 5.20. The van der Waals surface area contributed by atoms with Crippen molar-refractivity contribution in [1.82, 2.24) is 9.88 Å². The van der Waals surface area contributed by atoms with Crippen molar-refractivity contribution in [1.29, 1.82) is 0 Å². The Labute approximate surface area is 173 Å². The van der Waals surface area contributed by atoms with Crippen molar-refractivity contribution in [2.45, 2.75) is 33.5 Å². The van der Waals surface area contributed by atoms with Crippen LogP contribution < -0.4 is 16.0 Å². The van der Waals surface area contributed by atoms with E-state index < -0.39 is 10.7 Å². The fraction of sp³-hybridized carbons (Fsp3) is 0.333. The van der Waals surface area contributed by atoms with Crippen molar-refractivity contribution in [2.24, 2.45) is 0 Å². The van der Waals surface area contributed by atoms with Crippen LogP contribution in [0.3, 0.4) is 0 Å². The largest absolute Gasteiger partial charge is 0.420 e. The number of nitrogens with one attached hydrogen (secondary N) is 2. The maximum atomic E-state index is 12.5. The molecule has 1 amide bonds. The number of oxazole rings is 1. The number of nitro benzene ring substituents is 1. The molecule has 30 heavy (non-hydrogen) atoms. The van der Waals surface area contributed by atoms with Gasteiger partial charge in [-0.25, -0.2) is 4.79 Å². The smallest absolute Gasteiger partial charge is 0.407 e. The minimum Gasteiger partial charge on any atom is -0.407 e. The predicted octanol–water partition coefficient (Wildman–Crippen LogP) is 1.24. The first-order chi connectivity index (χ1) is 14.4. The first kappa shape index (κ1) is 21.3. The Hall–Kier alpha value is -3.46. The highest BCUT2D eigenvalue weighted by Gasteiger charge is 2.16. The van der Waals surface area contributed by atoms with E-state index in [-0.39, 0.29) is 23.7 Å². The summed E-state index contributed by atoms with van der Waals surface area (Å²) in [6.07, 6.45) is 0. The zero-order valence-corrected chi connectivity index (χ0v) is 17.0. The van der Waals surface area contributed by atoms with Crippen molar-refractivity contribution < 1.29 is 19.0 Å². The van der Waals surface area contributed by atoms with Gasteiger partial charge in [0.25, 0.3) is 5.69 Å². The molecule has 0 aliphatic heterocycles. The summed E-state index contributed by atoms with van der Waals surface area (Å²) in [6, 6.07) is 11.8. The second kappa shape index (κ2) is 9.36. The molecule has 1 aromatic heterocycles.